The molecule has 1 aromatic heterocycles. The molecule has 3 aromatic rings. The highest BCUT2D eigenvalue weighted by atomic mass is 16.3. The SMILES string of the molecule is N=C(N)c1ccc(-c2ccc(-c3ccc(C(N)=[NH2+])cc3)o2)cc1. The highest BCUT2D eigenvalue weighted by molar-refractivity contribution is 5.95. The third-order valence-electron chi connectivity index (χ3n) is 3.59. The van der Waals surface area contributed by atoms with Crippen LogP contribution in [0.2, 0.25) is 0 Å². The number of nitrogens with one attached hydrogen (secondary N) is 1. The van der Waals surface area contributed by atoms with Crippen molar-refractivity contribution in [2.24, 2.45) is 11.5 Å². The molecule has 0 fully saturated rings. The van der Waals surface area contributed by atoms with E-state index in [0.717, 1.165) is 28.2 Å². The summed E-state index contributed by atoms with van der Waals surface area (Å²) in [6, 6.07) is 18.7. The van der Waals surface area contributed by atoms with E-state index in [0.29, 0.717) is 11.4 Å². The Labute approximate surface area is 133 Å². The Balaban J connectivity index is 1.87. The molecule has 0 amide bonds. The minimum absolute atomic E-state index is 0.0488. The van der Waals surface area contributed by atoms with Gasteiger partial charge in [-0.05, 0) is 24.3 Å². The van der Waals surface area contributed by atoms with Gasteiger partial charge in [-0.2, -0.15) is 0 Å². The number of nitrogen functional groups attached to an aromatic ring is 1. The standard InChI is InChI=1S/C18H16N4O/c19-17(20)13-5-1-11(2-6-13)15-9-10-16(23-15)12-3-7-14(8-4-12)18(21)22/h1-10H,(H3,19,20)(H3,21,22)/p+1. The maximum Gasteiger partial charge on any atom is 0.270 e. The van der Waals surface area contributed by atoms with Crippen molar-refractivity contribution in [1.82, 2.24) is 0 Å². The summed E-state index contributed by atoms with van der Waals surface area (Å²) in [5.41, 5.74) is 14.4. The predicted molar refractivity (Wildman–Crippen MR) is 90.8 cm³/mol. The molecule has 5 nitrogen and oxygen atoms in total. The van der Waals surface area contributed by atoms with E-state index in [2.05, 4.69) is 0 Å². The summed E-state index contributed by atoms with van der Waals surface area (Å²) in [5, 5.41) is 13.0. The summed E-state index contributed by atoms with van der Waals surface area (Å²) in [5.74, 6) is 1.86. The van der Waals surface area contributed by atoms with E-state index in [-0.39, 0.29) is 5.84 Å². The Morgan fingerprint density at radius 1 is 0.739 bits per heavy atom. The van der Waals surface area contributed by atoms with Crippen molar-refractivity contribution in [1.29, 1.82) is 5.41 Å². The van der Waals surface area contributed by atoms with E-state index in [1.807, 2.05) is 48.5 Å². The lowest BCUT2D eigenvalue weighted by atomic mass is 10.1. The smallest absolute Gasteiger partial charge is 0.270 e. The molecule has 0 unspecified atom stereocenters. The van der Waals surface area contributed by atoms with Crippen molar-refractivity contribution in [3.8, 4) is 22.6 Å². The molecule has 2 aromatic carbocycles. The van der Waals surface area contributed by atoms with Crippen molar-refractivity contribution >= 4 is 11.7 Å². The van der Waals surface area contributed by atoms with Crippen molar-refractivity contribution in [2.75, 3.05) is 0 Å². The minimum atomic E-state index is 0.0488. The Morgan fingerprint density at radius 3 is 1.57 bits per heavy atom. The normalized spacial score (nSPS) is 10.4. The van der Waals surface area contributed by atoms with Crippen molar-refractivity contribution < 1.29 is 9.83 Å². The van der Waals surface area contributed by atoms with Crippen LogP contribution in [0.4, 0.5) is 0 Å². The molecule has 0 bridgehead atoms. The number of amidine groups is 2. The first-order valence-corrected chi connectivity index (χ1v) is 7.08. The van der Waals surface area contributed by atoms with Crippen LogP contribution in [-0.4, -0.2) is 11.7 Å². The zero-order chi connectivity index (χ0) is 16.4. The molecule has 0 atom stereocenters. The molecule has 0 aliphatic carbocycles. The molecule has 3 rings (SSSR count). The van der Waals surface area contributed by atoms with Gasteiger partial charge in [0.1, 0.15) is 17.4 Å². The average molecular weight is 305 g/mol. The van der Waals surface area contributed by atoms with Crippen LogP contribution in [0.15, 0.2) is 65.1 Å². The molecule has 0 aliphatic heterocycles. The quantitative estimate of drug-likeness (QED) is 0.431. The van der Waals surface area contributed by atoms with E-state index in [1.54, 1.807) is 12.1 Å². The monoisotopic (exact) mass is 305 g/mol. The van der Waals surface area contributed by atoms with Gasteiger partial charge in [0.05, 0.1) is 5.56 Å². The van der Waals surface area contributed by atoms with Crippen LogP contribution in [0.25, 0.3) is 22.6 Å². The molecule has 1 heterocycles. The molecular weight excluding hydrogens is 288 g/mol. The lowest BCUT2D eigenvalue weighted by molar-refractivity contribution is -0.114. The van der Waals surface area contributed by atoms with Crippen molar-refractivity contribution in [3.05, 3.63) is 71.8 Å². The van der Waals surface area contributed by atoms with Gasteiger partial charge in [-0.15, -0.1) is 0 Å². The van der Waals surface area contributed by atoms with E-state index >= 15 is 0 Å². The van der Waals surface area contributed by atoms with Crippen LogP contribution in [-0.2, 0) is 0 Å². The molecule has 0 saturated heterocycles. The van der Waals surface area contributed by atoms with Gasteiger partial charge in [-0.25, -0.2) is 0 Å². The fourth-order valence-electron chi connectivity index (χ4n) is 2.29. The summed E-state index contributed by atoms with van der Waals surface area (Å²) < 4.78 is 5.90. The summed E-state index contributed by atoms with van der Waals surface area (Å²) in [7, 11) is 0. The average Bonchev–Trinajstić information content (AvgIpc) is 3.05. The summed E-state index contributed by atoms with van der Waals surface area (Å²) in [4.78, 5) is 0. The maximum atomic E-state index is 7.41. The van der Waals surface area contributed by atoms with Gasteiger partial charge in [0.15, 0.2) is 0 Å². The topological polar surface area (TPSA) is 115 Å². The lowest BCUT2D eigenvalue weighted by Crippen LogP contribution is -2.46. The second kappa shape index (κ2) is 5.81. The highest BCUT2D eigenvalue weighted by Crippen LogP contribution is 2.28. The molecule has 23 heavy (non-hydrogen) atoms. The van der Waals surface area contributed by atoms with Crippen LogP contribution in [0, 0.1) is 5.41 Å². The van der Waals surface area contributed by atoms with Crippen molar-refractivity contribution in [3.63, 3.8) is 0 Å². The predicted octanol–water partition coefficient (Wildman–Crippen LogP) is 1.36. The van der Waals surface area contributed by atoms with Gasteiger partial charge in [0.25, 0.3) is 5.84 Å². The van der Waals surface area contributed by atoms with Crippen LogP contribution >= 0.6 is 0 Å². The molecule has 7 N–H and O–H groups in total. The number of hydrogen-bond donors (Lipinski definition) is 4. The Hall–Kier alpha value is -3.34. The first-order chi connectivity index (χ1) is 11.0. The van der Waals surface area contributed by atoms with E-state index in [1.165, 1.54) is 0 Å². The van der Waals surface area contributed by atoms with E-state index in [4.69, 9.17) is 26.7 Å². The maximum absolute atomic E-state index is 7.41. The Kier molecular flexibility index (Phi) is 3.68. The third kappa shape index (κ3) is 2.98. The molecule has 114 valence electrons. The van der Waals surface area contributed by atoms with E-state index < -0.39 is 0 Å². The Bertz CT molecular complexity index is 789. The van der Waals surface area contributed by atoms with Gasteiger partial charge in [-0.1, -0.05) is 36.4 Å². The van der Waals surface area contributed by atoms with Crippen molar-refractivity contribution in [2.45, 2.75) is 0 Å². The largest absolute Gasteiger partial charge is 0.456 e. The molecule has 0 aliphatic rings. The summed E-state index contributed by atoms with van der Waals surface area (Å²) >= 11 is 0. The van der Waals surface area contributed by atoms with Crippen LogP contribution in [0.1, 0.15) is 11.1 Å². The fourth-order valence-corrected chi connectivity index (χ4v) is 2.29. The first kappa shape index (κ1) is 14.6. The molecule has 0 saturated carbocycles. The highest BCUT2D eigenvalue weighted by Gasteiger charge is 2.08. The molecule has 0 radical (unpaired) electrons. The van der Waals surface area contributed by atoms with Gasteiger partial charge >= 0.3 is 0 Å². The lowest BCUT2D eigenvalue weighted by Gasteiger charge is -2.01. The molecule has 5 heteroatoms. The zero-order valence-electron chi connectivity index (χ0n) is 12.4. The van der Waals surface area contributed by atoms with Gasteiger partial charge in [-0.3, -0.25) is 16.6 Å². The number of hydrogen-bond acceptors (Lipinski definition) is 2. The Morgan fingerprint density at radius 2 is 1.17 bits per heavy atom. The fraction of sp³-hybridized carbons (Fsp3) is 0. The van der Waals surface area contributed by atoms with Crippen LogP contribution in [0.3, 0.4) is 0 Å². The van der Waals surface area contributed by atoms with E-state index in [9.17, 15) is 0 Å². The molecular formula is C18H17N4O+. The molecule has 0 spiro atoms. The number of rotatable bonds is 4. The van der Waals surface area contributed by atoms with Crippen LogP contribution in [0.5, 0.6) is 0 Å². The van der Waals surface area contributed by atoms with Gasteiger partial charge in [0.2, 0.25) is 0 Å². The van der Waals surface area contributed by atoms with Gasteiger partial charge in [0, 0.05) is 16.7 Å². The second-order valence-corrected chi connectivity index (χ2v) is 5.19. The minimum Gasteiger partial charge on any atom is -0.456 e. The second-order valence-electron chi connectivity index (χ2n) is 5.19. The number of nitrogens with two attached hydrogens (primary N) is 3. The zero-order valence-corrected chi connectivity index (χ0v) is 12.4. The van der Waals surface area contributed by atoms with Gasteiger partial charge < -0.3 is 10.2 Å². The third-order valence-corrected chi connectivity index (χ3v) is 3.59. The first-order valence-electron chi connectivity index (χ1n) is 7.08. The summed E-state index contributed by atoms with van der Waals surface area (Å²) in [6.45, 7) is 0. The number of benzene rings is 2. The van der Waals surface area contributed by atoms with Crippen LogP contribution < -0.4 is 16.9 Å². The summed E-state index contributed by atoms with van der Waals surface area (Å²) in [6.07, 6.45) is 0. The number of furan rings is 1.